The molecule has 9 heteroatoms. The monoisotopic (exact) mass is 549 g/mol. The molecule has 3 aliphatic rings. The van der Waals surface area contributed by atoms with E-state index in [0.717, 1.165) is 28.1 Å². The second-order valence-corrected chi connectivity index (χ2v) is 11.3. The summed E-state index contributed by atoms with van der Waals surface area (Å²) in [7, 11) is 0. The number of carbonyl (C=O) groups is 2. The predicted octanol–water partition coefficient (Wildman–Crippen LogP) is 5.22. The van der Waals surface area contributed by atoms with E-state index in [1.54, 1.807) is 30.6 Å². The summed E-state index contributed by atoms with van der Waals surface area (Å²) in [6.07, 6.45) is 6.74. The van der Waals surface area contributed by atoms with Crippen molar-refractivity contribution in [3.05, 3.63) is 78.6 Å². The summed E-state index contributed by atoms with van der Waals surface area (Å²) >= 11 is 0. The molecule has 2 amide bonds. The van der Waals surface area contributed by atoms with Crippen molar-refractivity contribution in [2.45, 2.75) is 44.7 Å². The summed E-state index contributed by atoms with van der Waals surface area (Å²) < 4.78 is 12.1. The molecule has 2 aliphatic carbocycles. The molecule has 7 rings (SSSR count). The number of nitrogens with one attached hydrogen (secondary N) is 3. The molecule has 1 aliphatic heterocycles. The SMILES string of the molecule is Cc1ccc(NC(=O)C2(C(=O)Nc3ccc(Oc4ccnc5cc(OCC6CC7CC7N6)ccc45)cn3)CC2)cc1. The summed E-state index contributed by atoms with van der Waals surface area (Å²) in [4.78, 5) is 34.7. The summed E-state index contributed by atoms with van der Waals surface area (Å²) in [5.41, 5.74) is 1.47. The van der Waals surface area contributed by atoms with Crippen LogP contribution in [0.5, 0.6) is 17.2 Å². The molecule has 2 aromatic heterocycles. The van der Waals surface area contributed by atoms with E-state index in [9.17, 15) is 9.59 Å². The zero-order chi connectivity index (χ0) is 28.0. The Bertz CT molecular complexity index is 1610. The topological polar surface area (TPSA) is 114 Å². The number of ether oxygens (including phenoxy) is 2. The van der Waals surface area contributed by atoms with E-state index in [0.29, 0.717) is 54.5 Å². The van der Waals surface area contributed by atoms with Gasteiger partial charge in [0, 0.05) is 35.4 Å². The largest absolute Gasteiger partial charge is 0.492 e. The van der Waals surface area contributed by atoms with Gasteiger partial charge in [-0.2, -0.15) is 0 Å². The number of benzene rings is 2. The molecule has 3 atom stereocenters. The summed E-state index contributed by atoms with van der Waals surface area (Å²) in [6.45, 7) is 2.63. The van der Waals surface area contributed by atoms with E-state index in [1.165, 1.54) is 12.8 Å². The van der Waals surface area contributed by atoms with Crippen LogP contribution < -0.4 is 25.4 Å². The van der Waals surface area contributed by atoms with Gasteiger partial charge in [0.05, 0.1) is 11.7 Å². The molecule has 3 N–H and O–H groups in total. The maximum Gasteiger partial charge on any atom is 0.241 e. The Balaban J connectivity index is 0.971. The first-order valence-corrected chi connectivity index (χ1v) is 14.1. The number of hydrogen-bond donors (Lipinski definition) is 3. The molecule has 4 aromatic rings. The van der Waals surface area contributed by atoms with E-state index >= 15 is 0 Å². The second-order valence-electron chi connectivity index (χ2n) is 11.3. The lowest BCUT2D eigenvalue weighted by Gasteiger charge is -2.16. The molecule has 3 unspecified atom stereocenters. The standard InChI is InChI=1S/C32H31N5O4/c1-19-2-4-21(5-3-19)36-30(38)32(11-12-32)31(39)37-29-9-7-24(17-34-29)41-28-10-13-33-27-16-23(6-8-25(27)28)40-18-22-14-20-15-26(20)35-22/h2-10,13,16-17,20,22,26,35H,11-12,14-15,18H2,1H3,(H,36,38)(H,34,37,39). The van der Waals surface area contributed by atoms with Crippen molar-refractivity contribution in [3.63, 3.8) is 0 Å². The molecule has 0 spiro atoms. The van der Waals surface area contributed by atoms with Crippen molar-refractivity contribution in [1.82, 2.24) is 15.3 Å². The summed E-state index contributed by atoms with van der Waals surface area (Å²) in [5, 5.41) is 10.1. The Morgan fingerprint density at radius 1 is 0.951 bits per heavy atom. The van der Waals surface area contributed by atoms with Crippen LogP contribution in [0.1, 0.15) is 31.2 Å². The van der Waals surface area contributed by atoms with Crippen LogP contribution in [0.25, 0.3) is 10.9 Å². The third-order valence-electron chi connectivity index (χ3n) is 8.22. The van der Waals surface area contributed by atoms with Crippen molar-refractivity contribution in [2.24, 2.45) is 11.3 Å². The van der Waals surface area contributed by atoms with Crippen LogP contribution in [0.15, 0.2) is 73.1 Å². The fraction of sp³-hybridized carbons (Fsp3) is 0.312. The average molecular weight is 550 g/mol. The molecular weight excluding hydrogens is 518 g/mol. The normalized spacial score (nSPS) is 21.5. The third kappa shape index (κ3) is 5.32. The lowest BCUT2D eigenvalue weighted by atomic mass is 10.0. The first-order valence-electron chi connectivity index (χ1n) is 14.1. The van der Waals surface area contributed by atoms with Crippen molar-refractivity contribution < 1.29 is 19.1 Å². The van der Waals surface area contributed by atoms with Crippen LogP contribution in [0.2, 0.25) is 0 Å². The quantitative estimate of drug-likeness (QED) is 0.245. The molecule has 2 saturated carbocycles. The number of aryl methyl sites for hydroxylation is 1. The van der Waals surface area contributed by atoms with Gasteiger partial charge in [-0.25, -0.2) is 4.98 Å². The van der Waals surface area contributed by atoms with E-state index in [1.807, 2.05) is 49.4 Å². The lowest BCUT2D eigenvalue weighted by molar-refractivity contribution is -0.131. The Morgan fingerprint density at radius 2 is 1.76 bits per heavy atom. The lowest BCUT2D eigenvalue weighted by Crippen LogP contribution is -2.35. The first kappa shape index (κ1) is 25.5. The maximum atomic E-state index is 13.0. The van der Waals surface area contributed by atoms with Gasteiger partial charge in [-0.15, -0.1) is 0 Å². The smallest absolute Gasteiger partial charge is 0.241 e. The summed E-state index contributed by atoms with van der Waals surface area (Å²) in [5.74, 6) is 2.47. The van der Waals surface area contributed by atoms with Gasteiger partial charge in [-0.05, 0) is 81.0 Å². The predicted molar refractivity (Wildman–Crippen MR) is 155 cm³/mol. The van der Waals surface area contributed by atoms with Gasteiger partial charge >= 0.3 is 0 Å². The van der Waals surface area contributed by atoms with Crippen molar-refractivity contribution in [1.29, 1.82) is 0 Å². The van der Waals surface area contributed by atoms with Gasteiger partial charge in [0.15, 0.2) is 0 Å². The Morgan fingerprint density at radius 3 is 2.49 bits per heavy atom. The van der Waals surface area contributed by atoms with Gasteiger partial charge in [0.1, 0.15) is 35.1 Å². The van der Waals surface area contributed by atoms with E-state index in [-0.39, 0.29) is 11.8 Å². The fourth-order valence-corrected chi connectivity index (χ4v) is 5.49. The number of carbonyl (C=O) groups excluding carboxylic acids is 2. The zero-order valence-electron chi connectivity index (χ0n) is 22.7. The van der Waals surface area contributed by atoms with Crippen LogP contribution >= 0.6 is 0 Å². The van der Waals surface area contributed by atoms with E-state index in [2.05, 4.69) is 25.9 Å². The second kappa shape index (κ2) is 10.2. The molecule has 0 bridgehead atoms. The molecule has 1 saturated heterocycles. The Kier molecular flexibility index (Phi) is 6.31. The van der Waals surface area contributed by atoms with Crippen molar-refractivity contribution >= 4 is 34.2 Å². The third-order valence-corrected chi connectivity index (χ3v) is 8.22. The maximum absolute atomic E-state index is 13.0. The molecule has 9 nitrogen and oxygen atoms in total. The van der Waals surface area contributed by atoms with Gasteiger partial charge in [-0.1, -0.05) is 17.7 Å². The average Bonchev–Trinajstić information content (AvgIpc) is 3.91. The Hall–Kier alpha value is -4.50. The summed E-state index contributed by atoms with van der Waals surface area (Å²) in [6, 6.07) is 19.6. The van der Waals surface area contributed by atoms with Crippen LogP contribution in [-0.4, -0.2) is 40.5 Å². The molecule has 41 heavy (non-hydrogen) atoms. The minimum absolute atomic E-state index is 0.302. The number of anilines is 2. The highest BCUT2D eigenvalue weighted by Crippen LogP contribution is 2.47. The minimum atomic E-state index is -1.08. The van der Waals surface area contributed by atoms with Crippen molar-refractivity contribution in [2.75, 3.05) is 17.2 Å². The number of nitrogens with zero attached hydrogens (tertiary/aromatic N) is 2. The molecule has 3 heterocycles. The highest BCUT2D eigenvalue weighted by atomic mass is 16.5. The number of piperidine rings is 1. The minimum Gasteiger partial charge on any atom is -0.492 e. The molecule has 2 aromatic carbocycles. The molecular formula is C32H31N5O4. The zero-order valence-corrected chi connectivity index (χ0v) is 22.7. The van der Waals surface area contributed by atoms with Gasteiger partial charge in [0.2, 0.25) is 11.8 Å². The molecule has 208 valence electrons. The number of rotatable bonds is 9. The van der Waals surface area contributed by atoms with E-state index in [4.69, 9.17) is 9.47 Å². The van der Waals surface area contributed by atoms with Crippen molar-refractivity contribution in [3.8, 4) is 17.2 Å². The molecule has 0 radical (unpaired) electrons. The number of aromatic nitrogens is 2. The van der Waals surface area contributed by atoms with E-state index < -0.39 is 5.41 Å². The number of fused-ring (bicyclic) bond motifs is 2. The van der Waals surface area contributed by atoms with Crippen LogP contribution in [0.4, 0.5) is 11.5 Å². The molecule has 3 fully saturated rings. The van der Waals surface area contributed by atoms with Gasteiger partial charge < -0.3 is 25.4 Å². The van der Waals surface area contributed by atoms with Crippen LogP contribution in [0.3, 0.4) is 0 Å². The Labute approximate surface area is 237 Å². The number of pyridine rings is 2. The van der Waals surface area contributed by atoms with Crippen LogP contribution in [-0.2, 0) is 9.59 Å². The van der Waals surface area contributed by atoms with Gasteiger partial charge in [-0.3, -0.25) is 14.6 Å². The number of hydrogen-bond acceptors (Lipinski definition) is 7. The highest BCUT2D eigenvalue weighted by molar-refractivity contribution is 6.16. The van der Waals surface area contributed by atoms with Gasteiger partial charge in [0.25, 0.3) is 0 Å². The number of amides is 2. The fourth-order valence-electron chi connectivity index (χ4n) is 5.49. The first-order chi connectivity index (χ1) is 19.9. The highest BCUT2D eigenvalue weighted by Gasteiger charge is 2.56. The van der Waals surface area contributed by atoms with Crippen LogP contribution in [0, 0.1) is 18.3 Å².